The van der Waals surface area contributed by atoms with Crippen LogP contribution in [0.2, 0.25) is 0 Å². The molecule has 6 nitrogen and oxygen atoms in total. The predicted molar refractivity (Wildman–Crippen MR) is 95.6 cm³/mol. The molecule has 2 aliphatic rings. The molecule has 1 aromatic carbocycles. The highest BCUT2D eigenvalue weighted by Crippen LogP contribution is 2.33. The van der Waals surface area contributed by atoms with Gasteiger partial charge in [0, 0.05) is 28.6 Å². The summed E-state index contributed by atoms with van der Waals surface area (Å²) in [5, 5.41) is 4.05. The third-order valence-electron chi connectivity index (χ3n) is 5.34. The Morgan fingerprint density at radius 2 is 2.16 bits per heavy atom. The second-order valence-corrected chi connectivity index (χ2v) is 9.27. The van der Waals surface area contributed by atoms with Gasteiger partial charge in [0.15, 0.2) is 9.84 Å². The lowest BCUT2D eigenvalue weighted by Gasteiger charge is -2.23. The molecular formula is C18H22N2O4S. The van der Waals surface area contributed by atoms with Crippen molar-refractivity contribution in [2.45, 2.75) is 31.7 Å². The first kappa shape index (κ1) is 16.4. The standard InChI is InChI=1S/C18H22N2O4S/c1-24-13-3-5-17-15(9-13)14-8-11(2-4-16(14)20-17)18(21)19-12-6-7-25(22,23)10-12/h3,5,9,11-12,20H,2,4,6-8,10H2,1H3,(H,19,21). The van der Waals surface area contributed by atoms with Gasteiger partial charge < -0.3 is 15.0 Å². The zero-order chi connectivity index (χ0) is 17.6. The first-order chi connectivity index (χ1) is 11.9. The van der Waals surface area contributed by atoms with Crippen LogP contribution < -0.4 is 10.1 Å². The van der Waals surface area contributed by atoms with E-state index in [1.807, 2.05) is 18.2 Å². The first-order valence-electron chi connectivity index (χ1n) is 8.63. The molecule has 2 heterocycles. The van der Waals surface area contributed by atoms with Crippen molar-refractivity contribution < 1.29 is 17.9 Å². The van der Waals surface area contributed by atoms with Crippen molar-refractivity contribution >= 4 is 26.6 Å². The van der Waals surface area contributed by atoms with E-state index in [0.29, 0.717) is 12.8 Å². The Bertz CT molecular complexity index is 932. The van der Waals surface area contributed by atoms with Crippen LogP contribution in [0, 0.1) is 5.92 Å². The van der Waals surface area contributed by atoms with Crippen molar-refractivity contribution in [3.63, 3.8) is 0 Å². The fourth-order valence-electron chi connectivity index (χ4n) is 3.97. The van der Waals surface area contributed by atoms with Gasteiger partial charge >= 0.3 is 0 Å². The Labute approximate surface area is 146 Å². The van der Waals surface area contributed by atoms with Crippen molar-refractivity contribution in [2.75, 3.05) is 18.6 Å². The highest BCUT2D eigenvalue weighted by atomic mass is 32.2. The van der Waals surface area contributed by atoms with Crippen LogP contribution in [0.4, 0.5) is 0 Å². The zero-order valence-corrected chi connectivity index (χ0v) is 15.0. The fourth-order valence-corrected chi connectivity index (χ4v) is 5.65. The summed E-state index contributed by atoms with van der Waals surface area (Å²) in [6.45, 7) is 0. The van der Waals surface area contributed by atoms with Crippen molar-refractivity contribution in [2.24, 2.45) is 5.92 Å². The van der Waals surface area contributed by atoms with Crippen LogP contribution in [-0.2, 0) is 27.5 Å². The van der Waals surface area contributed by atoms with Gasteiger partial charge in [-0.3, -0.25) is 4.79 Å². The molecule has 4 rings (SSSR count). The molecule has 0 bridgehead atoms. The molecule has 2 N–H and O–H groups in total. The summed E-state index contributed by atoms with van der Waals surface area (Å²) < 4.78 is 28.4. The monoisotopic (exact) mass is 362 g/mol. The summed E-state index contributed by atoms with van der Waals surface area (Å²) in [6.07, 6.45) is 2.81. The van der Waals surface area contributed by atoms with Crippen LogP contribution in [0.25, 0.3) is 10.9 Å². The zero-order valence-electron chi connectivity index (χ0n) is 14.2. The lowest BCUT2D eigenvalue weighted by molar-refractivity contribution is -0.125. The topological polar surface area (TPSA) is 88.3 Å². The molecule has 25 heavy (non-hydrogen) atoms. The number of H-pyrrole nitrogens is 1. The highest BCUT2D eigenvalue weighted by Gasteiger charge is 2.32. The lowest BCUT2D eigenvalue weighted by Crippen LogP contribution is -2.41. The third kappa shape index (κ3) is 3.13. The van der Waals surface area contributed by atoms with E-state index in [2.05, 4.69) is 10.3 Å². The van der Waals surface area contributed by atoms with Crippen molar-refractivity contribution in [3.8, 4) is 5.75 Å². The van der Waals surface area contributed by atoms with Gasteiger partial charge in [-0.15, -0.1) is 0 Å². The van der Waals surface area contributed by atoms with E-state index in [-0.39, 0.29) is 29.4 Å². The normalized spacial score (nSPS) is 24.8. The van der Waals surface area contributed by atoms with Crippen LogP contribution in [0.3, 0.4) is 0 Å². The number of methoxy groups -OCH3 is 1. The van der Waals surface area contributed by atoms with Gasteiger partial charge in [0.1, 0.15) is 5.75 Å². The number of amides is 1. The highest BCUT2D eigenvalue weighted by molar-refractivity contribution is 7.91. The number of nitrogens with one attached hydrogen (secondary N) is 2. The summed E-state index contributed by atoms with van der Waals surface area (Å²) in [5.74, 6) is 0.916. The van der Waals surface area contributed by atoms with Gasteiger partial charge in [-0.05, 0) is 49.4 Å². The first-order valence-corrected chi connectivity index (χ1v) is 10.5. The largest absolute Gasteiger partial charge is 0.497 e. The quantitative estimate of drug-likeness (QED) is 0.868. The number of ether oxygens (including phenoxy) is 1. The predicted octanol–water partition coefficient (Wildman–Crippen LogP) is 1.58. The molecule has 1 amide bonds. The number of aryl methyl sites for hydroxylation is 1. The molecule has 2 atom stereocenters. The minimum atomic E-state index is -2.98. The number of hydrogen-bond acceptors (Lipinski definition) is 4. The molecule has 1 saturated heterocycles. The number of carbonyl (C=O) groups is 1. The van der Waals surface area contributed by atoms with E-state index in [9.17, 15) is 13.2 Å². The van der Waals surface area contributed by atoms with Gasteiger partial charge in [0.05, 0.1) is 18.6 Å². The molecule has 1 aliphatic carbocycles. The molecule has 0 spiro atoms. The second kappa shape index (κ2) is 6.05. The van der Waals surface area contributed by atoms with Crippen LogP contribution in [0.15, 0.2) is 18.2 Å². The van der Waals surface area contributed by atoms with E-state index >= 15 is 0 Å². The molecule has 7 heteroatoms. The second-order valence-electron chi connectivity index (χ2n) is 7.04. The maximum absolute atomic E-state index is 12.6. The number of fused-ring (bicyclic) bond motifs is 3. The fraction of sp³-hybridized carbons (Fsp3) is 0.500. The van der Waals surface area contributed by atoms with E-state index in [1.54, 1.807) is 7.11 Å². The number of rotatable bonds is 3. The van der Waals surface area contributed by atoms with Gasteiger partial charge in [-0.1, -0.05) is 0 Å². The van der Waals surface area contributed by atoms with Crippen molar-refractivity contribution in [1.29, 1.82) is 0 Å². The SMILES string of the molecule is COc1ccc2[nH]c3c(c2c1)CC(C(=O)NC1CCS(=O)(=O)C1)CC3. The summed E-state index contributed by atoms with van der Waals surface area (Å²) in [6, 6.07) is 5.70. The maximum Gasteiger partial charge on any atom is 0.223 e. The number of benzene rings is 1. The summed E-state index contributed by atoms with van der Waals surface area (Å²) >= 11 is 0. The van der Waals surface area contributed by atoms with Crippen molar-refractivity contribution in [3.05, 3.63) is 29.5 Å². The van der Waals surface area contributed by atoms with Crippen LogP contribution in [0.5, 0.6) is 5.75 Å². The molecule has 134 valence electrons. The summed E-state index contributed by atoms with van der Waals surface area (Å²) in [5.41, 5.74) is 3.43. The van der Waals surface area contributed by atoms with Crippen LogP contribution in [0.1, 0.15) is 24.1 Å². The Kier molecular flexibility index (Phi) is 3.98. The molecule has 2 aromatic rings. The number of hydrogen-bond donors (Lipinski definition) is 2. The number of aromatic amines is 1. The van der Waals surface area contributed by atoms with Crippen LogP contribution >= 0.6 is 0 Å². The number of carbonyl (C=O) groups excluding carboxylic acids is 1. The van der Waals surface area contributed by atoms with E-state index < -0.39 is 9.84 Å². The van der Waals surface area contributed by atoms with Gasteiger partial charge in [-0.2, -0.15) is 0 Å². The minimum absolute atomic E-state index is 0.0232. The van der Waals surface area contributed by atoms with Gasteiger partial charge in [-0.25, -0.2) is 8.42 Å². The summed E-state index contributed by atoms with van der Waals surface area (Å²) in [7, 11) is -1.34. The van der Waals surface area contributed by atoms with Gasteiger partial charge in [0.2, 0.25) is 5.91 Å². The maximum atomic E-state index is 12.6. The Balaban J connectivity index is 1.53. The number of sulfone groups is 1. The number of aromatic nitrogens is 1. The van der Waals surface area contributed by atoms with Crippen molar-refractivity contribution in [1.82, 2.24) is 10.3 Å². The summed E-state index contributed by atoms with van der Waals surface area (Å²) in [4.78, 5) is 16.1. The lowest BCUT2D eigenvalue weighted by atomic mass is 9.85. The average Bonchev–Trinajstić information content (AvgIpc) is 3.12. The molecule has 0 radical (unpaired) electrons. The molecular weight excluding hydrogens is 340 g/mol. The van der Waals surface area contributed by atoms with Crippen LogP contribution in [-0.4, -0.2) is 44.0 Å². The van der Waals surface area contributed by atoms with E-state index in [1.165, 1.54) is 11.3 Å². The third-order valence-corrected chi connectivity index (χ3v) is 7.11. The van der Waals surface area contributed by atoms with E-state index in [0.717, 1.165) is 29.5 Å². The molecule has 2 unspecified atom stereocenters. The van der Waals surface area contributed by atoms with Gasteiger partial charge in [0.25, 0.3) is 0 Å². The van der Waals surface area contributed by atoms with E-state index in [4.69, 9.17) is 4.74 Å². The Morgan fingerprint density at radius 1 is 1.32 bits per heavy atom. The Hall–Kier alpha value is -2.02. The smallest absolute Gasteiger partial charge is 0.223 e. The molecule has 1 fully saturated rings. The molecule has 0 saturated carbocycles. The average molecular weight is 362 g/mol. The Morgan fingerprint density at radius 3 is 2.88 bits per heavy atom. The minimum Gasteiger partial charge on any atom is -0.497 e. The molecule has 1 aromatic heterocycles. The molecule has 1 aliphatic heterocycles.